The van der Waals surface area contributed by atoms with Crippen LogP contribution < -0.4 is 0 Å². The summed E-state index contributed by atoms with van der Waals surface area (Å²) >= 11 is 0. The van der Waals surface area contributed by atoms with Gasteiger partial charge in [-0.1, -0.05) is 33.1 Å². The van der Waals surface area contributed by atoms with Gasteiger partial charge >= 0.3 is 0 Å². The molecule has 2 saturated carbocycles. The molecule has 0 aromatic rings. The third-order valence-corrected chi connectivity index (χ3v) is 4.28. The molecular formula is C11H20. The van der Waals surface area contributed by atoms with Gasteiger partial charge in [0.15, 0.2) is 0 Å². The first-order chi connectivity index (χ1) is 5.29. The van der Waals surface area contributed by atoms with Crippen molar-refractivity contribution in [3.05, 3.63) is 0 Å². The lowest BCUT2D eigenvalue weighted by atomic mass is 9.69. The van der Waals surface area contributed by atoms with Crippen LogP contribution in [0.3, 0.4) is 0 Å². The summed E-state index contributed by atoms with van der Waals surface area (Å²) in [6.45, 7) is 4.92. The molecule has 0 aromatic heterocycles. The van der Waals surface area contributed by atoms with E-state index < -0.39 is 0 Å². The zero-order valence-electron chi connectivity index (χ0n) is 7.84. The minimum Gasteiger partial charge on any atom is -0.0622 e. The Balaban J connectivity index is 2.06. The topological polar surface area (TPSA) is 0 Å². The van der Waals surface area contributed by atoms with E-state index in [-0.39, 0.29) is 0 Å². The fourth-order valence-electron chi connectivity index (χ4n) is 3.28. The number of fused-ring (bicyclic) bond motifs is 1. The minimum absolute atomic E-state index is 1.01. The van der Waals surface area contributed by atoms with E-state index in [4.69, 9.17) is 0 Å². The molecule has 0 spiro atoms. The number of rotatable bonds is 0. The molecular weight excluding hydrogens is 132 g/mol. The van der Waals surface area contributed by atoms with Gasteiger partial charge in [-0.15, -0.1) is 0 Å². The van der Waals surface area contributed by atoms with Gasteiger partial charge in [-0.2, -0.15) is 0 Å². The molecule has 0 amide bonds. The van der Waals surface area contributed by atoms with Gasteiger partial charge in [0.05, 0.1) is 0 Å². The van der Waals surface area contributed by atoms with Crippen LogP contribution in [0.2, 0.25) is 0 Å². The lowest BCUT2D eigenvalue weighted by Crippen LogP contribution is -2.28. The van der Waals surface area contributed by atoms with Gasteiger partial charge in [0, 0.05) is 0 Å². The average Bonchev–Trinajstić information content (AvgIpc) is 2.45. The van der Waals surface area contributed by atoms with Gasteiger partial charge < -0.3 is 0 Å². The van der Waals surface area contributed by atoms with Crippen molar-refractivity contribution < 1.29 is 0 Å². The predicted molar refractivity (Wildman–Crippen MR) is 48.4 cm³/mol. The van der Waals surface area contributed by atoms with Crippen molar-refractivity contribution in [3.63, 3.8) is 0 Å². The van der Waals surface area contributed by atoms with Crippen molar-refractivity contribution in [2.45, 2.75) is 46.0 Å². The summed E-state index contributed by atoms with van der Waals surface area (Å²) in [6.07, 6.45) is 7.64. The van der Waals surface area contributed by atoms with Gasteiger partial charge in [0.1, 0.15) is 0 Å². The van der Waals surface area contributed by atoms with Crippen LogP contribution in [0.1, 0.15) is 46.0 Å². The van der Waals surface area contributed by atoms with Gasteiger partial charge in [0.2, 0.25) is 0 Å². The maximum atomic E-state index is 2.48. The van der Waals surface area contributed by atoms with E-state index in [0.717, 1.165) is 23.7 Å². The van der Waals surface area contributed by atoms with Gasteiger partial charge in [-0.25, -0.2) is 0 Å². The molecule has 2 aliphatic rings. The molecule has 0 saturated heterocycles. The summed E-state index contributed by atoms with van der Waals surface area (Å²) < 4.78 is 0. The third-order valence-electron chi connectivity index (χ3n) is 4.28. The van der Waals surface area contributed by atoms with Crippen LogP contribution in [0.25, 0.3) is 0 Å². The molecule has 0 heterocycles. The molecule has 4 atom stereocenters. The summed E-state index contributed by atoms with van der Waals surface area (Å²) in [5.41, 5.74) is 0. The molecule has 4 unspecified atom stereocenters. The largest absolute Gasteiger partial charge is 0.0622 e. The summed E-state index contributed by atoms with van der Waals surface area (Å²) in [5.74, 6) is 4.27. The lowest BCUT2D eigenvalue weighted by molar-refractivity contribution is 0.137. The van der Waals surface area contributed by atoms with Crippen LogP contribution in [0.4, 0.5) is 0 Å². The van der Waals surface area contributed by atoms with Crippen molar-refractivity contribution >= 4 is 0 Å². The fourth-order valence-corrected chi connectivity index (χ4v) is 3.28. The molecule has 64 valence electrons. The van der Waals surface area contributed by atoms with Crippen molar-refractivity contribution in [3.8, 4) is 0 Å². The summed E-state index contributed by atoms with van der Waals surface area (Å²) in [6, 6.07) is 0. The van der Waals surface area contributed by atoms with Crippen molar-refractivity contribution in [1.29, 1.82) is 0 Å². The van der Waals surface area contributed by atoms with Crippen LogP contribution >= 0.6 is 0 Å². The van der Waals surface area contributed by atoms with Gasteiger partial charge in [-0.3, -0.25) is 0 Å². The highest BCUT2D eigenvalue weighted by Crippen LogP contribution is 2.47. The highest BCUT2D eigenvalue weighted by Gasteiger charge is 2.37. The van der Waals surface area contributed by atoms with Crippen molar-refractivity contribution in [2.24, 2.45) is 23.7 Å². The SMILES string of the molecule is CC1CCC2CCCC2C1C. The molecule has 0 N–H and O–H groups in total. The number of hydrogen-bond acceptors (Lipinski definition) is 0. The third kappa shape index (κ3) is 1.21. The second-order valence-corrected chi connectivity index (χ2v) is 4.77. The molecule has 0 aliphatic heterocycles. The predicted octanol–water partition coefficient (Wildman–Crippen LogP) is 3.47. The summed E-state index contributed by atoms with van der Waals surface area (Å²) in [5, 5.41) is 0. The summed E-state index contributed by atoms with van der Waals surface area (Å²) in [4.78, 5) is 0. The van der Waals surface area contributed by atoms with E-state index in [1.165, 1.54) is 25.7 Å². The first-order valence-corrected chi connectivity index (χ1v) is 5.29. The Hall–Kier alpha value is 0. The zero-order chi connectivity index (χ0) is 7.84. The van der Waals surface area contributed by atoms with E-state index in [2.05, 4.69) is 13.8 Å². The standard InChI is InChI=1S/C11H20/c1-8-6-7-10-4-3-5-11(10)9(8)2/h8-11H,3-7H2,1-2H3. The quantitative estimate of drug-likeness (QED) is 0.498. The van der Waals surface area contributed by atoms with E-state index in [9.17, 15) is 0 Å². The maximum Gasteiger partial charge on any atom is -0.0358 e. The van der Waals surface area contributed by atoms with Crippen LogP contribution in [0.15, 0.2) is 0 Å². The van der Waals surface area contributed by atoms with Crippen LogP contribution in [-0.4, -0.2) is 0 Å². The normalized spacial score (nSPS) is 50.7. The van der Waals surface area contributed by atoms with E-state index in [1.807, 2.05) is 0 Å². The Morgan fingerprint density at radius 3 is 2.55 bits per heavy atom. The molecule has 0 nitrogen and oxygen atoms in total. The molecule has 2 fully saturated rings. The summed E-state index contributed by atoms with van der Waals surface area (Å²) in [7, 11) is 0. The van der Waals surface area contributed by atoms with E-state index >= 15 is 0 Å². The first kappa shape index (κ1) is 7.64. The van der Waals surface area contributed by atoms with Crippen LogP contribution in [0.5, 0.6) is 0 Å². The highest BCUT2D eigenvalue weighted by atomic mass is 14.4. The van der Waals surface area contributed by atoms with Gasteiger partial charge in [0.25, 0.3) is 0 Å². The van der Waals surface area contributed by atoms with E-state index in [1.54, 1.807) is 6.42 Å². The Bertz CT molecular complexity index is 139. The monoisotopic (exact) mass is 152 g/mol. The zero-order valence-corrected chi connectivity index (χ0v) is 7.84. The Morgan fingerprint density at radius 2 is 1.73 bits per heavy atom. The molecule has 0 radical (unpaired) electrons. The maximum absolute atomic E-state index is 2.48. The fraction of sp³-hybridized carbons (Fsp3) is 1.00. The molecule has 0 heteroatoms. The van der Waals surface area contributed by atoms with Crippen molar-refractivity contribution in [2.75, 3.05) is 0 Å². The molecule has 11 heavy (non-hydrogen) atoms. The second-order valence-electron chi connectivity index (χ2n) is 4.77. The molecule has 2 aliphatic carbocycles. The number of hydrogen-bond donors (Lipinski definition) is 0. The average molecular weight is 152 g/mol. The molecule has 2 rings (SSSR count). The second kappa shape index (κ2) is 2.80. The first-order valence-electron chi connectivity index (χ1n) is 5.29. The smallest absolute Gasteiger partial charge is 0.0358 e. The lowest BCUT2D eigenvalue weighted by Gasteiger charge is -2.36. The van der Waals surface area contributed by atoms with Crippen LogP contribution in [0, 0.1) is 23.7 Å². The molecule has 0 aromatic carbocycles. The van der Waals surface area contributed by atoms with Crippen LogP contribution in [-0.2, 0) is 0 Å². The Morgan fingerprint density at radius 1 is 0.909 bits per heavy atom. The molecule has 0 bridgehead atoms. The highest BCUT2D eigenvalue weighted by molar-refractivity contribution is 4.87. The van der Waals surface area contributed by atoms with Crippen molar-refractivity contribution in [1.82, 2.24) is 0 Å². The Kier molecular flexibility index (Phi) is 1.95. The van der Waals surface area contributed by atoms with E-state index in [0.29, 0.717) is 0 Å². The van der Waals surface area contributed by atoms with Gasteiger partial charge in [-0.05, 0) is 36.5 Å². The minimum atomic E-state index is 1.01. The Labute approximate surface area is 70.4 Å².